The molecule has 1 atom stereocenters. The van der Waals surface area contributed by atoms with Crippen LogP contribution < -0.4 is 10.1 Å². The van der Waals surface area contributed by atoms with Crippen molar-refractivity contribution in [1.29, 1.82) is 0 Å². The fourth-order valence-electron chi connectivity index (χ4n) is 1.77. The molecule has 0 aliphatic rings. The largest absolute Gasteiger partial charge is 0.487 e. The van der Waals surface area contributed by atoms with Gasteiger partial charge in [-0.05, 0) is 18.9 Å². The Balaban J connectivity index is 3.14. The van der Waals surface area contributed by atoms with Gasteiger partial charge in [0.2, 0.25) is 5.75 Å². The molecule has 21 heavy (non-hydrogen) atoms. The lowest BCUT2D eigenvalue weighted by atomic mass is 10.1. The van der Waals surface area contributed by atoms with E-state index in [1.807, 2.05) is 13.8 Å². The summed E-state index contributed by atoms with van der Waals surface area (Å²) in [6.07, 6.45) is 0. The lowest BCUT2D eigenvalue weighted by Gasteiger charge is -2.20. The molecule has 1 rings (SSSR count). The number of carbonyl (C=O) groups excluding carboxylic acids is 1. The maximum atomic E-state index is 12.3. The van der Waals surface area contributed by atoms with E-state index >= 15 is 0 Å². The summed E-state index contributed by atoms with van der Waals surface area (Å²) in [7, 11) is 0. The molecule has 1 aromatic carbocycles. The van der Waals surface area contributed by atoms with Gasteiger partial charge < -0.3 is 10.1 Å². The van der Waals surface area contributed by atoms with Crippen LogP contribution in [-0.2, 0) is 0 Å². The number of para-hydroxylation sites is 1. The minimum atomic E-state index is -0.566. The number of halogens is 1. The van der Waals surface area contributed by atoms with Gasteiger partial charge in [-0.3, -0.25) is 14.9 Å². The van der Waals surface area contributed by atoms with Crippen molar-refractivity contribution in [3.8, 4) is 5.75 Å². The third-order valence-corrected chi connectivity index (χ3v) is 3.34. The summed E-state index contributed by atoms with van der Waals surface area (Å²) in [4.78, 5) is 22.8. The van der Waals surface area contributed by atoms with E-state index in [1.165, 1.54) is 18.2 Å². The summed E-state index contributed by atoms with van der Waals surface area (Å²) >= 11 is 5.82. The molecule has 0 radical (unpaired) electrons. The third kappa shape index (κ3) is 4.32. The summed E-state index contributed by atoms with van der Waals surface area (Å²) in [6, 6.07) is 4.05. The average Bonchev–Trinajstić information content (AvgIpc) is 2.44. The standard InChI is InChI=1S/C14H19ClN2O4/c1-4-21-13-10(6-5-7-12(13)17(19)20)14(18)16-11(8-15)9(2)3/h5-7,9,11H,4,8H2,1-3H3,(H,16,18). The Hall–Kier alpha value is -1.82. The van der Waals surface area contributed by atoms with E-state index in [4.69, 9.17) is 16.3 Å². The van der Waals surface area contributed by atoms with E-state index in [1.54, 1.807) is 6.92 Å². The fraction of sp³-hybridized carbons (Fsp3) is 0.500. The highest BCUT2D eigenvalue weighted by Gasteiger charge is 2.25. The van der Waals surface area contributed by atoms with Crippen LogP contribution in [0, 0.1) is 16.0 Å². The number of ether oxygens (including phenoxy) is 1. The molecule has 116 valence electrons. The number of hydrogen-bond donors (Lipinski definition) is 1. The van der Waals surface area contributed by atoms with E-state index in [9.17, 15) is 14.9 Å². The second-order valence-electron chi connectivity index (χ2n) is 4.82. The summed E-state index contributed by atoms with van der Waals surface area (Å²) in [5, 5.41) is 13.8. The van der Waals surface area contributed by atoms with Gasteiger partial charge in [-0.25, -0.2) is 0 Å². The van der Waals surface area contributed by atoms with Gasteiger partial charge in [-0.2, -0.15) is 0 Å². The number of amides is 1. The number of nitrogens with one attached hydrogen (secondary N) is 1. The number of hydrogen-bond acceptors (Lipinski definition) is 4. The van der Waals surface area contributed by atoms with Crippen LogP contribution in [0.4, 0.5) is 5.69 Å². The lowest BCUT2D eigenvalue weighted by Crippen LogP contribution is -2.40. The van der Waals surface area contributed by atoms with E-state index in [0.29, 0.717) is 0 Å². The van der Waals surface area contributed by atoms with Crippen LogP contribution in [0.15, 0.2) is 18.2 Å². The third-order valence-electron chi connectivity index (χ3n) is 3.01. The van der Waals surface area contributed by atoms with Crippen molar-refractivity contribution in [2.75, 3.05) is 12.5 Å². The van der Waals surface area contributed by atoms with Crippen molar-refractivity contribution in [3.63, 3.8) is 0 Å². The van der Waals surface area contributed by atoms with E-state index in [0.717, 1.165) is 0 Å². The Morgan fingerprint density at radius 1 is 1.48 bits per heavy atom. The number of alkyl halides is 1. The molecule has 0 saturated heterocycles. The van der Waals surface area contributed by atoms with E-state index in [2.05, 4.69) is 5.32 Å². The van der Waals surface area contributed by atoms with E-state index < -0.39 is 10.8 Å². The molecule has 0 spiro atoms. The molecule has 6 nitrogen and oxygen atoms in total. The van der Waals surface area contributed by atoms with Gasteiger partial charge in [0.05, 0.1) is 17.1 Å². The van der Waals surface area contributed by atoms with Crippen molar-refractivity contribution in [3.05, 3.63) is 33.9 Å². The molecule has 1 N–H and O–H groups in total. The fourth-order valence-corrected chi connectivity index (χ4v) is 2.21. The number of nitro benzene ring substituents is 1. The normalized spacial score (nSPS) is 12.0. The zero-order chi connectivity index (χ0) is 16.0. The first kappa shape index (κ1) is 17.2. The number of carbonyl (C=O) groups is 1. The molecular formula is C14H19ClN2O4. The molecule has 0 fully saturated rings. The first-order valence-corrected chi connectivity index (χ1v) is 7.22. The highest BCUT2D eigenvalue weighted by Crippen LogP contribution is 2.31. The van der Waals surface area contributed by atoms with Crippen molar-refractivity contribution >= 4 is 23.2 Å². The maximum absolute atomic E-state index is 12.3. The van der Waals surface area contributed by atoms with Crippen LogP contribution in [0.5, 0.6) is 5.75 Å². The highest BCUT2D eigenvalue weighted by atomic mass is 35.5. The summed E-state index contributed by atoms with van der Waals surface area (Å²) in [5.41, 5.74) is -0.0849. The molecule has 0 heterocycles. The predicted molar refractivity (Wildman–Crippen MR) is 81.1 cm³/mol. The number of rotatable bonds is 7. The molecule has 1 unspecified atom stereocenters. The van der Waals surface area contributed by atoms with Gasteiger partial charge in [-0.1, -0.05) is 19.9 Å². The van der Waals surface area contributed by atoms with Crippen molar-refractivity contribution in [1.82, 2.24) is 5.32 Å². The molecule has 7 heteroatoms. The van der Waals surface area contributed by atoms with Gasteiger partial charge in [0.25, 0.3) is 5.91 Å². The van der Waals surface area contributed by atoms with Crippen LogP contribution in [0.1, 0.15) is 31.1 Å². The van der Waals surface area contributed by atoms with Crippen LogP contribution in [0.25, 0.3) is 0 Å². The van der Waals surface area contributed by atoms with Gasteiger partial charge in [0.15, 0.2) is 0 Å². The van der Waals surface area contributed by atoms with Crippen LogP contribution in [0.2, 0.25) is 0 Å². The second-order valence-corrected chi connectivity index (χ2v) is 5.13. The molecule has 1 amide bonds. The minimum Gasteiger partial charge on any atom is -0.487 e. The molecule has 1 aromatic rings. The zero-order valence-electron chi connectivity index (χ0n) is 12.3. The van der Waals surface area contributed by atoms with Gasteiger partial charge in [0.1, 0.15) is 0 Å². The Bertz CT molecular complexity index is 520. The van der Waals surface area contributed by atoms with Crippen molar-refractivity contribution in [2.45, 2.75) is 26.8 Å². The minimum absolute atomic E-state index is 0.0143. The molecule has 0 saturated carbocycles. The smallest absolute Gasteiger partial charge is 0.311 e. The topological polar surface area (TPSA) is 81.5 Å². The van der Waals surface area contributed by atoms with Crippen LogP contribution >= 0.6 is 11.6 Å². The maximum Gasteiger partial charge on any atom is 0.311 e. The summed E-state index contributed by atoms with van der Waals surface area (Å²) in [5.74, 6) is -0.0239. The molecule has 0 aromatic heterocycles. The highest BCUT2D eigenvalue weighted by molar-refractivity contribution is 6.18. The average molecular weight is 315 g/mol. The molecule has 0 aliphatic carbocycles. The Morgan fingerprint density at radius 3 is 2.62 bits per heavy atom. The number of benzene rings is 1. The molecule has 0 bridgehead atoms. The van der Waals surface area contributed by atoms with Gasteiger partial charge in [-0.15, -0.1) is 11.6 Å². The first-order valence-electron chi connectivity index (χ1n) is 6.69. The number of nitrogens with zero attached hydrogens (tertiary/aromatic N) is 1. The van der Waals surface area contributed by atoms with Crippen LogP contribution in [0.3, 0.4) is 0 Å². The predicted octanol–water partition coefficient (Wildman–Crippen LogP) is 2.99. The summed E-state index contributed by atoms with van der Waals surface area (Å²) in [6.45, 7) is 5.80. The Morgan fingerprint density at radius 2 is 2.14 bits per heavy atom. The quantitative estimate of drug-likeness (QED) is 0.476. The van der Waals surface area contributed by atoms with Gasteiger partial charge >= 0.3 is 5.69 Å². The van der Waals surface area contributed by atoms with Crippen molar-refractivity contribution < 1.29 is 14.5 Å². The second kappa shape index (κ2) is 7.83. The number of nitro groups is 1. The monoisotopic (exact) mass is 314 g/mol. The first-order chi connectivity index (χ1) is 9.92. The molecule has 0 aliphatic heterocycles. The van der Waals surface area contributed by atoms with Crippen LogP contribution in [-0.4, -0.2) is 29.4 Å². The Labute approximate surface area is 128 Å². The zero-order valence-corrected chi connectivity index (χ0v) is 13.0. The van der Waals surface area contributed by atoms with Crippen molar-refractivity contribution in [2.24, 2.45) is 5.92 Å². The Kier molecular flexibility index (Phi) is 6.42. The van der Waals surface area contributed by atoms with Gasteiger partial charge in [0, 0.05) is 18.0 Å². The molecular weight excluding hydrogens is 296 g/mol. The SMILES string of the molecule is CCOc1c(C(=O)NC(CCl)C(C)C)cccc1[N+](=O)[O-]. The van der Waals surface area contributed by atoms with E-state index in [-0.39, 0.29) is 41.4 Å². The summed E-state index contributed by atoms with van der Waals surface area (Å²) < 4.78 is 5.29. The lowest BCUT2D eigenvalue weighted by molar-refractivity contribution is -0.385.